The van der Waals surface area contributed by atoms with Crippen LogP contribution in [0, 0.1) is 0 Å². The third-order valence-electron chi connectivity index (χ3n) is 2.37. The molecule has 0 saturated carbocycles. The fourth-order valence-electron chi connectivity index (χ4n) is 1.44. The molecule has 1 aromatic rings. The van der Waals surface area contributed by atoms with Crippen LogP contribution in [0.3, 0.4) is 0 Å². The van der Waals surface area contributed by atoms with Crippen molar-refractivity contribution in [1.29, 1.82) is 0 Å². The van der Waals surface area contributed by atoms with Gasteiger partial charge in [0.1, 0.15) is 12.3 Å². The average Bonchev–Trinajstić information content (AvgIpc) is 2.33. The Morgan fingerprint density at radius 3 is 2.53 bits per heavy atom. The number of benzene rings is 1. The van der Waals surface area contributed by atoms with E-state index >= 15 is 0 Å². The number of para-hydroxylation sites is 2. The normalized spacial score (nSPS) is 11.2. The van der Waals surface area contributed by atoms with Crippen LogP contribution in [-0.4, -0.2) is 36.7 Å². The van der Waals surface area contributed by atoms with Gasteiger partial charge in [0.25, 0.3) is 5.91 Å². The standard InChI is InChI=1S/C12H15F3N2O2/c1-2-17(8-12(13,14)15)11(18)7-19-10-6-4-3-5-9(10)16/h3-6H,2,7-8,16H2,1H3. The summed E-state index contributed by atoms with van der Waals surface area (Å²) in [5.74, 6) is -0.456. The van der Waals surface area contributed by atoms with E-state index in [1.165, 1.54) is 6.92 Å². The van der Waals surface area contributed by atoms with Crippen LogP contribution in [0.5, 0.6) is 5.75 Å². The van der Waals surface area contributed by atoms with Gasteiger partial charge in [0.05, 0.1) is 5.69 Å². The van der Waals surface area contributed by atoms with E-state index < -0.39 is 25.2 Å². The highest BCUT2D eigenvalue weighted by molar-refractivity contribution is 5.78. The Labute approximate surface area is 108 Å². The van der Waals surface area contributed by atoms with Gasteiger partial charge in [-0.25, -0.2) is 0 Å². The fraction of sp³-hybridized carbons (Fsp3) is 0.417. The van der Waals surface area contributed by atoms with Gasteiger partial charge in [-0.1, -0.05) is 12.1 Å². The van der Waals surface area contributed by atoms with Gasteiger partial charge < -0.3 is 15.4 Å². The van der Waals surface area contributed by atoms with E-state index in [4.69, 9.17) is 10.5 Å². The molecule has 0 spiro atoms. The molecule has 1 rings (SSSR count). The zero-order valence-corrected chi connectivity index (χ0v) is 10.4. The average molecular weight is 276 g/mol. The van der Waals surface area contributed by atoms with Crippen LogP contribution in [-0.2, 0) is 4.79 Å². The Balaban J connectivity index is 2.57. The molecule has 19 heavy (non-hydrogen) atoms. The lowest BCUT2D eigenvalue weighted by atomic mass is 10.3. The van der Waals surface area contributed by atoms with Crippen molar-refractivity contribution >= 4 is 11.6 Å². The third kappa shape index (κ3) is 5.07. The SMILES string of the molecule is CCN(CC(F)(F)F)C(=O)COc1ccccc1N. The maximum atomic E-state index is 12.2. The number of nitrogens with zero attached hydrogens (tertiary/aromatic N) is 1. The van der Waals surface area contributed by atoms with Crippen molar-refractivity contribution in [2.45, 2.75) is 13.1 Å². The summed E-state index contributed by atoms with van der Waals surface area (Å²) in [6.07, 6.45) is -4.42. The monoisotopic (exact) mass is 276 g/mol. The van der Waals surface area contributed by atoms with Crippen LogP contribution in [0.1, 0.15) is 6.92 Å². The van der Waals surface area contributed by atoms with Crippen molar-refractivity contribution in [3.05, 3.63) is 24.3 Å². The molecule has 2 N–H and O–H groups in total. The molecule has 7 heteroatoms. The topological polar surface area (TPSA) is 55.6 Å². The van der Waals surface area contributed by atoms with E-state index in [0.29, 0.717) is 10.6 Å². The third-order valence-corrected chi connectivity index (χ3v) is 2.37. The number of rotatable bonds is 5. The van der Waals surface area contributed by atoms with E-state index in [9.17, 15) is 18.0 Å². The number of anilines is 1. The molecule has 0 radical (unpaired) electrons. The lowest BCUT2D eigenvalue weighted by Crippen LogP contribution is -2.41. The van der Waals surface area contributed by atoms with Crippen LogP contribution in [0.15, 0.2) is 24.3 Å². The number of hydrogen-bond acceptors (Lipinski definition) is 3. The minimum atomic E-state index is -4.42. The summed E-state index contributed by atoms with van der Waals surface area (Å²) in [7, 11) is 0. The van der Waals surface area contributed by atoms with Gasteiger partial charge >= 0.3 is 6.18 Å². The van der Waals surface area contributed by atoms with Gasteiger partial charge in [-0.05, 0) is 19.1 Å². The van der Waals surface area contributed by atoms with Gasteiger partial charge in [0.15, 0.2) is 6.61 Å². The fourth-order valence-corrected chi connectivity index (χ4v) is 1.44. The van der Waals surface area contributed by atoms with Crippen molar-refractivity contribution in [2.75, 3.05) is 25.4 Å². The molecule has 1 aromatic carbocycles. The van der Waals surface area contributed by atoms with Crippen molar-refractivity contribution < 1.29 is 22.7 Å². The van der Waals surface area contributed by atoms with E-state index in [2.05, 4.69) is 0 Å². The molecule has 0 heterocycles. The first-order valence-corrected chi connectivity index (χ1v) is 5.65. The highest BCUT2D eigenvalue weighted by Crippen LogP contribution is 2.20. The number of hydrogen-bond donors (Lipinski definition) is 1. The molecule has 0 atom stereocenters. The highest BCUT2D eigenvalue weighted by atomic mass is 19.4. The Hall–Kier alpha value is -1.92. The van der Waals surface area contributed by atoms with Crippen LogP contribution in [0.25, 0.3) is 0 Å². The van der Waals surface area contributed by atoms with Crippen molar-refractivity contribution in [3.8, 4) is 5.75 Å². The van der Waals surface area contributed by atoms with Gasteiger partial charge in [0.2, 0.25) is 0 Å². The first kappa shape index (κ1) is 15.1. The number of alkyl halides is 3. The molecule has 0 fully saturated rings. The molecule has 106 valence electrons. The van der Waals surface area contributed by atoms with E-state index in [1.54, 1.807) is 24.3 Å². The van der Waals surface area contributed by atoms with Gasteiger partial charge in [-0.3, -0.25) is 4.79 Å². The van der Waals surface area contributed by atoms with Crippen LogP contribution >= 0.6 is 0 Å². The Bertz CT molecular complexity index is 435. The predicted molar refractivity (Wildman–Crippen MR) is 64.7 cm³/mol. The summed E-state index contributed by atoms with van der Waals surface area (Å²) in [5.41, 5.74) is 5.92. The number of nitrogen functional groups attached to an aromatic ring is 1. The summed E-state index contributed by atoms with van der Waals surface area (Å²) in [4.78, 5) is 12.3. The molecular formula is C12H15F3N2O2. The maximum Gasteiger partial charge on any atom is 0.406 e. The molecule has 4 nitrogen and oxygen atoms in total. The molecule has 0 aliphatic heterocycles. The van der Waals surface area contributed by atoms with E-state index in [0.717, 1.165) is 0 Å². The van der Waals surface area contributed by atoms with E-state index in [1.807, 2.05) is 0 Å². The summed E-state index contributed by atoms with van der Waals surface area (Å²) >= 11 is 0. The lowest BCUT2D eigenvalue weighted by Gasteiger charge is -2.22. The second kappa shape index (κ2) is 6.31. The van der Waals surface area contributed by atoms with Crippen molar-refractivity contribution in [1.82, 2.24) is 4.90 Å². The van der Waals surface area contributed by atoms with Crippen LogP contribution in [0.2, 0.25) is 0 Å². The number of carbonyl (C=O) groups excluding carboxylic acids is 1. The van der Waals surface area contributed by atoms with E-state index in [-0.39, 0.29) is 12.3 Å². The Morgan fingerprint density at radius 1 is 1.37 bits per heavy atom. The summed E-state index contributed by atoms with van der Waals surface area (Å²) in [6, 6.07) is 6.46. The number of carbonyl (C=O) groups is 1. The zero-order chi connectivity index (χ0) is 14.5. The first-order chi connectivity index (χ1) is 8.83. The second-order valence-corrected chi connectivity index (χ2v) is 3.85. The highest BCUT2D eigenvalue weighted by Gasteiger charge is 2.32. The molecule has 1 amide bonds. The number of halogens is 3. The molecule has 0 aliphatic carbocycles. The molecule has 0 bridgehead atoms. The Morgan fingerprint density at radius 2 is 2.00 bits per heavy atom. The summed E-state index contributed by atoms with van der Waals surface area (Å²) in [6.45, 7) is -0.319. The minimum Gasteiger partial charge on any atom is -0.482 e. The Kier molecular flexibility index (Phi) is 5.02. The molecule has 0 unspecified atom stereocenters. The number of ether oxygens (including phenoxy) is 1. The number of nitrogens with two attached hydrogens (primary N) is 1. The van der Waals surface area contributed by atoms with Gasteiger partial charge in [-0.15, -0.1) is 0 Å². The molecular weight excluding hydrogens is 261 g/mol. The lowest BCUT2D eigenvalue weighted by molar-refractivity contribution is -0.161. The first-order valence-electron chi connectivity index (χ1n) is 5.65. The molecule has 0 aliphatic rings. The number of likely N-dealkylation sites (N-methyl/N-ethyl adjacent to an activating group) is 1. The zero-order valence-electron chi connectivity index (χ0n) is 10.4. The largest absolute Gasteiger partial charge is 0.482 e. The van der Waals surface area contributed by atoms with Crippen molar-refractivity contribution in [3.63, 3.8) is 0 Å². The maximum absolute atomic E-state index is 12.2. The molecule has 0 saturated heterocycles. The summed E-state index contributed by atoms with van der Waals surface area (Å²) < 4.78 is 41.8. The predicted octanol–water partition coefficient (Wildman–Crippen LogP) is 2.06. The minimum absolute atomic E-state index is 0.0357. The molecule has 0 aromatic heterocycles. The smallest absolute Gasteiger partial charge is 0.406 e. The van der Waals surface area contributed by atoms with Gasteiger partial charge in [0, 0.05) is 6.54 Å². The van der Waals surface area contributed by atoms with Gasteiger partial charge in [-0.2, -0.15) is 13.2 Å². The van der Waals surface area contributed by atoms with Crippen LogP contribution in [0.4, 0.5) is 18.9 Å². The van der Waals surface area contributed by atoms with Crippen molar-refractivity contribution in [2.24, 2.45) is 0 Å². The second-order valence-electron chi connectivity index (χ2n) is 3.85. The number of amides is 1. The van der Waals surface area contributed by atoms with Crippen LogP contribution < -0.4 is 10.5 Å². The summed E-state index contributed by atoms with van der Waals surface area (Å²) in [5, 5.41) is 0. The quantitative estimate of drug-likeness (QED) is 0.837.